The number of likely N-dealkylation sites (tertiary alicyclic amines) is 3. The molecule has 0 aromatic heterocycles. The van der Waals surface area contributed by atoms with Crippen molar-refractivity contribution in [2.45, 2.75) is 69.5 Å². The summed E-state index contributed by atoms with van der Waals surface area (Å²) in [5, 5.41) is 9.22. The third-order valence-corrected chi connectivity index (χ3v) is 7.07. The van der Waals surface area contributed by atoms with Crippen molar-refractivity contribution in [1.82, 2.24) is 14.7 Å². The van der Waals surface area contributed by atoms with Crippen LogP contribution < -0.4 is 5.73 Å². The number of alkyl halides is 3. The van der Waals surface area contributed by atoms with Crippen LogP contribution in [0.2, 0.25) is 0 Å². The van der Waals surface area contributed by atoms with Gasteiger partial charge in [-0.2, -0.15) is 18.4 Å². The number of halogens is 3. The van der Waals surface area contributed by atoms with Crippen LogP contribution in [0.5, 0.6) is 0 Å². The molecule has 4 rings (SSSR count). The lowest BCUT2D eigenvalue weighted by molar-refractivity contribution is -0.141. The van der Waals surface area contributed by atoms with Gasteiger partial charge in [-0.15, -0.1) is 0 Å². The molecule has 3 aliphatic heterocycles. The van der Waals surface area contributed by atoms with Gasteiger partial charge in [-0.25, -0.2) is 0 Å². The number of piperazine rings is 1. The van der Waals surface area contributed by atoms with Crippen LogP contribution in [0.4, 0.5) is 13.2 Å². The van der Waals surface area contributed by atoms with E-state index in [1.807, 2.05) is 4.90 Å². The fourth-order valence-electron chi connectivity index (χ4n) is 5.49. The number of hydrogen-bond acceptors (Lipinski definition) is 5. The summed E-state index contributed by atoms with van der Waals surface area (Å²) in [5.41, 5.74) is 6.39. The molecule has 2 N–H and O–H groups in total. The summed E-state index contributed by atoms with van der Waals surface area (Å²) in [6, 6.07) is 3.68. The first-order valence-corrected chi connectivity index (χ1v) is 11.2. The zero-order valence-electron chi connectivity index (χ0n) is 18.7. The molecular weight excluding hydrogens is 435 g/mol. The third kappa shape index (κ3) is 4.32. The van der Waals surface area contributed by atoms with Crippen molar-refractivity contribution in [3.63, 3.8) is 0 Å². The van der Waals surface area contributed by atoms with Gasteiger partial charge in [0, 0.05) is 25.7 Å². The normalized spacial score (nSPS) is 27.2. The summed E-state index contributed by atoms with van der Waals surface area (Å²) in [7, 11) is 0. The zero-order valence-corrected chi connectivity index (χ0v) is 18.7. The Morgan fingerprint density at radius 1 is 1.33 bits per heavy atom. The Hall–Kier alpha value is -2.64. The largest absolute Gasteiger partial charge is 0.416 e. The number of benzene rings is 1. The Morgan fingerprint density at radius 3 is 2.70 bits per heavy atom. The van der Waals surface area contributed by atoms with Crippen molar-refractivity contribution < 1.29 is 22.8 Å². The number of amides is 2. The Bertz CT molecular complexity index is 991. The van der Waals surface area contributed by atoms with Crippen molar-refractivity contribution >= 4 is 11.8 Å². The summed E-state index contributed by atoms with van der Waals surface area (Å²) >= 11 is 0. The highest BCUT2D eigenvalue weighted by molar-refractivity contribution is 5.87. The molecule has 3 heterocycles. The maximum Gasteiger partial charge on any atom is 0.416 e. The summed E-state index contributed by atoms with van der Waals surface area (Å²) in [6.07, 6.45) is -2.48. The van der Waals surface area contributed by atoms with Crippen LogP contribution in [0.25, 0.3) is 0 Å². The number of nitriles is 1. The quantitative estimate of drug-likeness (QED) is 0.723. The minimum Gasteiger partial charge on any atom is -0.330 e. The molecule has 2 amide bonds. The minimum atomic E-state index is -4.45. The van der Waals surface area contributed by atoms with Crippen molar-refractivity contribution in [2.24, 2.45) is 5.73 Å². The molecule has 1 aromatic carbocycles. The SMILES string of the molecule is Cc1cc([C@H](C)N2C(=O)[C@H]3CC2CN3C[C@H](N)C(=O)N2CCC[C@H]2C#N)cc(C(F)(F)F)c1. The van der Waals surface area contributed by atoms with E-state index in [2.05, 4.69) is 6.07 Å². The molecule has 1 unspecified atom stereocenters. The van der Waals surface area contributed by atoms with Gasteiger partial charge in [0.05, 0.1) is 29.8 Å². The van der Waals surface area contributed by atoms with Gasteiger partial charge in [0.25, 0.3) is 0 Å². The molecule has 1 aromatic rings. The van der Waals surface area contributed by atoms with Gasteiger partial charge in [0.2, 0.25) is 11.8 Å². The molecule has 2 bridgehead atoms. The van der Waals surface area contributed by atoms with Gasteiger partial charge >= 0.3 is 6.18 Å². The fourth-order valence-corrected chi connectivity index (χ4v) is 5.49. The van der Waals surface area contributed by atoms with Crippen molar-refractivity contribution in [3.05, 3.63) is 34.9 Å². The van der Waals surface area contributed by atoms with Crippen LogP contribution in [0.1, 0.15) is 48.9 Å². The van der Waals surface area contributed by atoms with E-state index in [1.54, 1.807) is 24.8 Å². The standard InChI is InChI=1S/C23H28F3N5O2/c1-13-6-15(8-16(7-13)23(24,25)26)14(2)31-18-9-20(22(31)33)29(11-18)12-19(28)21(32)30-5-3-4-17(30)10-27/h6-8,14,17-20H,3-5,9,11-12,28H2,1-2H3/t14-,17-,18?,19-,20+/m0/s1. The molecular formula is C23H28F3N5O2. The monoisotopic (exact) mass is 463 g/mol. The number of nitrogens with zero attached hydrogens (tertiary/aromatic N) is 4. The van der Waals surface area contributed by atoms with Crippen LogP contribution in [0.3, 0.4) is 0 Å². The molecule has 3 aliphatic rings. The molecule has 10 heteroatoms. The Balaban J connectivity index is 1.44. The molecule has 33 heavy (non-hydrogen) atoms. The van der Waals surface area contributed by atoms with E-state index in [-0.39, 0.29) is 24.4 Å². The second-order valence-corrected chi connectivity index (χ2v) is 9.34. The topological polar surface area (TPSA) is 93.7 Å². The number of rotatable bonds is 5. The average Bonchev–Trinajstić information content (AvgIpc) is 3.46. The van der Waals surface area contributed by atoms with Gasteiger partial charge in [-0.3, -0.25) is 14.5 Å². The van der Waals surface area contributed by atoms with E-state index in [0.717, 1.165) is 18.6 Å². The maximum atomic E-state index is 13.3. The third-order valence-electron chi connectivity index (χ3n) is 7.07. The first-order chi connectivity index (χ1) is 15.5. The Morgan fingerprint density at radius 2 is 2.06 bits per heavy atom. The number of hydrogen-bond donors (Lipinski definition) is 1. The predicted octanol–water partition coefficient (Wildman–Crippen LogP) is 2.20. The highest BCUT2D eigenvalue weighted by Gasteiger charge is 2.51. The fraction of sp³-hybridized carbons (Fsp3) is 0.609. The first-order valence-electron chi connectivity index (χ1n) is 11.2. The average molecular weight is 464 g/mol. The van der Waals surface area contributed by atoms with Gasteiger partial charge < -0.3 is 15.5 Å². The number of fused-ring (bicyclic) bond motifs is 2. The second kappa shape index (κ2) is 8.61. The van der Waals surface area contributed by atoms with Gasteiger partial charge in [0.15, 0.2) is 0 Å². The Labute approximate surface area is 190 Å². The molecule has 5 atom stereocenters. The Kier molecular flexibility index (Phi) is 6.14. The van der Waals surface area contributed by atoms with E-state index in [4.69, 9.17) is 5.73 Å². The maximum absolute atomic E-state index is 13.3. The molecule has 0 saturated carbocycles. The lowest BCUT2D eigenvalue weighted by atomic mass is 9.99. The van der Waals surface area contributed by atoms with E-state index >= 15 is 0 Å². The molecule has 3 saturated heterocycles. The van der Waals surface area contributed by atoms with Crippen molar-refractivity contribution in [1.29, 1.82) is 5.26 Å². The molecule has 0 radical (unpaired) electrons. The highest BCUT2D eigenvalue weighted by Crippen LogP contribution is 2.39. The predicted molar refractivity (Wildman–Crippen MR) is 114 cm³/mol. The van der Waals surface area contributed by atoms with Crippen LogP contribution in [-0.2, 0) is 15.8 Å². The van der Waals surface area contributed by atoms with Gasteiger partial charge in [-0.05, 0) is 50.8 Å². The minimum absolute atomic E-state index is 0.145. The van der Waals surface area contributed by atoms with E-state index < -0.39 is 35.9 Å². The van der Waals surface area contributed by atoms with Crippen LogP contribution in [-0.4, -0.2) is 70.3 Å². The summed E-state index contributed by atoms with van der Waals surface area (Å²) in [5.74, 6) is -0.427. The smallest absolute Gasteiger partial charge is 0.330 e. The molecule has 7 nitrogen and oxygen atoms in total. The number of carbonyl (C=O) groups is 2. The lowest BCUT2D eigenvalue weighted by Gasteiger charge is -2.38. The first kappa shape index (κ1) is 23.5. The highest BCUT2D eigenvalue weighted by atomic mass is 19.4. The molecule has 178 valence electrons. The molecule has 0 aliphatic carbocycles. The van der Waals surface area contributed by atoms with E-state index in [0.29, 0.717) is 37.1 Å². The van der Waals surface area contributed by atoms with Crippen molar-refractivity contribution in [2.75, 3.05) is 19.6 Å². The summed E-state index contributed by atoms with van der Waals surface area (Å²) in [4.78, 5) is 31.0. The van der Waals surface area contributed by atoms with Crippen LogP contribution in [0.15, 0.2) is 18.2 Å². The number of carbonyl (C=O) groups excluding carboxylic acids is 2. The summed E-state index contributed by atoms with van der Waals surface area (Å²) < 4.78 is 39.8. The van der Waals surface area contributed by atoms with E-state index in [1.165, 1.54) is 4.90 Å². The van der Waals surface area contributed by atoms with Crippen LogP contribution in [0, 0.1) is 18.3 Å². The molecule has 0 spiro atoms. The van der Waals surface area contributed by atoms with Gasteiger partial charge in [0.1, 0.15) is 6.04 Å². The zero-order chi connectivity index (χ0) is 24.1. The molecule has 3 fully saturated rings. The second-order valence-electron chi connectivity index (χ2n) is 9.34. The van der Waals surface area contributed by atoms with Crippen molar-refractivity contribution in [3.8, 4) is 6.07 Å². The van der Waals surface area contributed by atoms with Crippen LogP contribution >= 0.6 is 0 Å². The number of nitrogens with two attached hydrogens (primary N) is 1. The lowest BCUT2D eigenvalue weighted by Crippen LogP contribution is -2.56. The summed E-state index contributed by atoms with van der Waals surface area (Å²) in [6.45, 7) is 4.60. The van der Waals surface area contributed by atoms with E-state index in [9.17, 15) is 28.0 Å². The van der Waals surface area contributed by atoms with Gasteiger partial charge in [-0.1, -0.05) is 11.6 Å². The number of aryl methyl sites for hydroxylation is 1.